The molecule has 0 N–H and O–H groups in total. The van der Waals surface area contributed by atoms with Crippen LogP contribution in [0.5, 0.6) is 0 Å². The molecule has 0 aromatic heterocycles. The van der Waals surface area contributed by atoms with Crippen molar-refractivity contribution in [2.45, 2.75) is 36.9 Å². The molecule has 1 nitrogen and oxygen atoms in total. The maximum atomic E-state index is 6.02. The van der Waals surface area contributed by atoms with E-state index in [-0.39, 0.29) is 5.41 Å². The van der Waals surface area contributed by atoms with Gasteiger partial charge in [-0.2, -0.15) is 0 Å². The number of nitrogens with zero attached hydrogens (tertiary/aromatic N) is 1. The van der Waals surface area contributed by atoms with Crippen molar-refractivity contribution < 1.29 is 0 Å². The molecule has 1 saturated heterocycles. The molecule has 0 radical (unpaired) electrons. The summed E-state index contributed by atoms with van der Waals surface area (Å²) in [5.74, 6) is 6.44. The molecule has 1 aliphatic heterocycles. The number of piperidine rings is 1. The molecular formula is C12H17Cl2N. The van der Waals surface area contributed by atoms with Crippen molar-refractivity contribution in [1.82, 2.24) is 4.90 Å². The Hall–Kier alpha value is 0.100. The molecule has 1 aliphatic carbocycles. The monoisotopic (exact) mass is 245 g/mol. The van der Waals surface area contributed by atoms with Crippen molar-refractivity contribution in [3.8, 4) is 11.8 Å². The van der Waals surface area contributed by atoms with Gasteiger partial charge in [-0.05, 0) is 32.9 Å². The molecule has 0 unspecified atom stereocenters. The van der Waals surface area contributed by atoms with E-state index in [1.54, 1.807) is 0 Å². The Labute approximate surface area is 102 Å². The molecule has 1 saturated carbocycles. The smallest absolute Gasteiger partial charge is 0.136 e. The molecule has 3 heteroatoms. The van der Waals surface area contributed by atoms with E-state index in [9.17, 15) is 0 Å². The fourth-order valence-electron chi connectivity index (χ4n) is 2.00. The van der Waals surface area contributed by atoms with Gasteiger partial charge < -0.3 is 0 Å². The van der Waals surface area contributed by atoms with E-state index in [1.807, 2.05) is 6.92 Å². The molecule has 2 rings (SSSR count). The molecule has 0 aromatic carbocycles. The number of hydrogen-bond donors (Lipinski definition) is 0. The minimum atomic E-state index is -0.595. The first-order chi connectivity index (χ1) is 7.04. The van der Waals surface area contributed by atoms with Crippen LogP contribution < -0.4 is 0 Å². The Morgan fingerprint density at radius 3 is 2.33 bits per heavy atom. The molecule has 1 atom stereocenters. The van der Waals surface area contributed by atoms with Gasteiger partial charge in [-0.1, -0.05) is 41.5 Å². The molecule has 15 heavy (non-hydrogen) atoms. The average molecular weight is 246 g/mol. The second kappa shape index (κ2) is 4.17. The van der Waals surface area contributed by atoms with Crippen LogP contribution in [0.4, 0.5) is 0 Å². The SMILES string of the molecule is C[C@]1(C#CCN2CCCCC2)CC1(Cl)Cl. The summed E-state index contributed by atoms with van der Waals surface area (Å²) in [5.41, 5.74) is -0.161. The first-order valence-electron chi connectivity index (χ1n) is 5.64. The van der Waals surface area contributed by atoms with Gasteiger partial charge in [-0.15, -0.1) is 0 Å². The van der Waals surface area contributed by atoms with Crippen LogP contribution in [0.1, 0.15) is 32.6 Å². The fourth-order valence-corrected chi connectivity index (χ4v) is 2.63. The average Bonchev–Trinajstić information content (AvgIpc) is 2.67. The van der Waals surface area contributed by atoms with Crippen molar-refractivity contribution in [3.63, 3.8) is 0 Å². The molecule has 2 fully saturated rings. The number of rotatable bonds is 1. The summed E-state index contributed by atoms with van der Waals surface area (Å²) in [7, 11) is 0. The third-order valence-corrected chi connectivity index (χ3v) is 4.47. The Kier molecular flexibility index (Phi) is 3.22. The van der Waals surface area contributed by atoms with Crippen LogP contribution in [0.3, 0.4) is 0 Å². The summed E-state index contributed by atoms with van der Waals surface area (Å²) < 4.78 is -0.595. The molecule has 1 heterocycles. The summed E-state index contributed by atoms with van der Waals surface area (Å²) in [6, 6.07) is 0. The lowest BCUT2D eigenvalue weighted by molar-refractivity contribution is 0.255. The van der Waals surface area contributed by atoms with Crippen molar-refractivity contribution in [3.05, 3.63) is 0 Å². The number of halogens is 2. The van der Waals surface area contributed by atoms with Crippen LogP contribution in [0.25, 0.3) is 0 Å². The first-order valence-corrected chi connectivity index (χ1v) is 6.39. The van der Waals surface area contributed by atoms with Gasteiger partial charge in [-0.25, -0.2) is 0 Å². The molecule has 0 bridgehead atoms. The quantitative estimate of drug-likeness (QED) is 0.507. The molecule has 0 amide bonds. The van der Waals surface area contributed by atoms with Crippen molar-refractivity contribution in [2.75, 3.05) is 19.6 Å². The summed E-state index contributed by atoms with van der Waals surface area (Å²) in [6.45, 7) is 5.30. The van der Waals surface area contributed by atoms with Gasteiger partial charge in [0.1, 0.15) is 4.33 Å². The topological polar surface area (TPSA) is 3.24 Å². The summed E-state index contributed by atoms with van der Waals surface area (Å²) in [6.07, 6.45) is 4.80. The number of hydrogen-bond acceptors (Lipinski definition) is 1. The van der Waals surface area contributed by atoms with Crippen molar-refractivity contribution >= 4 is 23.2 Å². The van der Waals surface area contributed by atoms with Crippen LogP contribution >= 0.6 is 23.2 Å². The highest BCUT2D eigenvalue weighted by Gasteiger charge is 2.62. The standard InChI is InChI=1S/C12H17Cl2N/c1-11(10-12(11,13)14)6-5-9-15-7-3-2-4-8-15/h2-4,7-10H2,1H3/t11-/m0/s1. The predicted molar refractivity (Wildman–Crippen MR) is 65.2 cm³/mol. The van der Waals surface area contributed by atoms with E-state index < -0.39 is 4.33 Å². The first kappa shape index (κ1) is 11.6. The van der Waals surface area contributed by atoms with Gasteiger partial charge in [0, 0.05) is 6.42 Å². The van der Waals surface area contributed by atoms with E-state index in [0.717, 1.165) is 13.0 Å². The lowest BCUT2D eigenvalue weighted by atomic mass is 10.1. The third kappa shape index (κ3) is 2.61. The van der Waals surface area contributed by atoms with Crippen molar-refractivity contribution in [1.29, 1.82) is 0 Å². The zero-order valence-electron chi connectivity index (χ0n) is 9.15. The highest BCUT2D eigenvalue weighted by atomic mass is 35.5. The maximum Gasteiger partial charge on any atom is 0.136 e. The highest BCUT2D eigenvalue weighted by molar-refractivity contribution is 6.51. The lowest BCUT2D eigenvalue weighted by Crippen LogP contribution is -2.29. The van der Waals surface area contributed by atoms with E-state index >= 15 is 0 Å². The Morgan fingerprint density at radius 2 is 1.80 bits per heavy atom. The van der Waals surface area contributed by atoms with E-state index in [1.165, 1.54) is 32.4 Å². The van der Waals surface area contributed by atoms with Crippen LogP contribution in [-0.2, 0) is 0 Å². The van der Waals surface area contributed by atoms with Crippen LogP contribution in [0, 0.1) is 17.3 Å². The van der Waals surface area contributed by atoms with Gasteiger partial charge in [0.15, 0.2) is 0 Å². The summed E-state index contributed by atoms with van der Waals surface area (Å²) in [4.78, 5) is 2.41. The summed E-state index contributed by atoms with van der Waals surface area (Å²) in [5, 5.41) is 0. The number of likely N-dealkylation sites (tertiary alicyclic amines) is 1. The summed E-state index contributed by atoms with van der Waals surface area (Å²) >= 11 is 12.0. The highest BCUT2D eigenvalue weighted by Crippen LogP contribution is 2.63. The van der Waals surface area contributed by atoms with Crippen LogP contribution in [0.2, 0.25) is 0 Å². The van der Waals surface area contributed by atoms with E-state index in [4.69, 9.17) is 23.2 Å². The van der Waals surface area contributed by atoms with Crippen LogP contribution in [-0.4, -0.2) is 28.9 Å². The minimum absolute atomic E-state index is 0.161. The van der Waals surface area contributed by atoms with Crippen LogP contribution in [0.15, 0.2) is 0 Å². The maximum absolute atomic E-state index is 6.02. The molecule has 84 valence electrons. The largest absolute Gasteiger partial charge is 0.292 e. The molecule has 2 aliphatic rings. The molecular weight excluding hydrogens is 229 g/mol. The molecule has 0 spiro atoms. The molecule has 0 aromatic rings. The lowest BCUT2D eigenvalue weighted by Gasteiger charge is -2.23. The Morgan fingerprint density at radius 1 is 1.20 bits per heavy atom. The van der Waals surface area contributed by atoms with Gasteiger partial charge in [-0.3, -0.25) is 4.90 Å². The zero-order chi connectivity index (χ0) is 10.9. The van der Waals surface area contributed by atoms with E-state index in [0.29, 0.717) is 0 Å². The fraction of sp³-hybridized carbons (Fsp3) is 0.833. The van der Waals surface area contributed by atoms with Crippen molar-refractivity contribution in [2.24, 2.45) is 5.41 Å². The second-order valence-corrected chi connectivity index (χ2v) is 6.34. The Bertz CT molecular complexity index is 296. The Balaban J connectivity index is 1.80. The van der Waals surface area contributed by atoms with Gasteiger partial charge in [0.05, 0.1) is 12.0 Å². The van der Waals surface area contributed by atoms with Gasteiger partial charge >= 0.3 is 0 Å². The second-order valence-electron chi connectivity index (χ2n) is 4.85. The van der Waals surface area contributed by atoms with E-state index in [2.05, 4.69) is 16.7 Å². The number of alkyl halides is 2. The zero-order valence-corrected chi connectivity index (χ0v) is 10.7. The minimum Gasteiger partial charge on any atom is -0.292 e. The van der Waals surface area contributed by atoms with Gasteiger partial charge in [0.25, 0.3) is 0 Å². The third-order valence-electron chi connectivity index (χ3n) is 3.37. The predicted octanol–water partition coefficient (Wildman–Crippen LogP) is 3.06. The normalized spacial score (nSPS) is 34.3. The van der Waals surface area contributed by atoms with Gasteiger partial charge in [0.2, 0.25) is 0 Å².